The van der Waals surface area contributed by atoms with E-state index in [-0.39, 0.29) is 0 Å². The van der Waals surface area contributed by atoms with E-state index >= 15 is 0 Å². The number of aliphatic hydroxyl groups is 4. The first kappa shape index (κ1) is 14.7. The van der Waals surface area contributed by atoms with Gasteiger partial charge in [0.15, 0.2) is 6.29 Å². The van der Waals surface area contributed by atoms with Crippen LogP contribution in [0.1, 0.15) is 0 Å². The molecule has 0 aromatic rings. The molecule has 1 aliphatic heterocycles. The maximum absolute atomic E-state index is 11.3. The Balaban J connectivity index is 2.71. The molecule has 1 heterocycles. The summed E-state index contributed by atoms with van der Waals surface area (Å²) in [5, 5.41) is 42.4. The highest BCUT2D eigenvalue weighted by atomic mass is 16.6. The number of rotatable bonds is 3. The molecule has 0 saturated carbocycles. The number of carbonyl (C=O) groups excluding carboxylic acids is 1. The van der Waals surface area contributed by atoms with Gasteiger partial charge in [-0.05, 0) is 0 Å². The number of ether oxygens (including phenoxy) is 1. The maximum atomic E-state index is 11.3. The fraction of sp³-hybridized carbons (Fsp3) is 0.875. The molecule has 18 heavy (non-hydrogen) atoms. The van der Waals surface area contributed by atoms with Crippen molar-refractivity contribution in [2.75, 3.05) is 13.7 Å². The lowest BCUT2D eigenvalue weighted by Gasteiger charge is -2.40. The number of hydrogen-bond donors (Lipinski definition) is 5. The molecule has 0 unspecified atom stereocenters. The standard InChI is InChI=1S/C8H15N3O7/c1-11(10-17)8(16)9-4-6(14)5(13)3(2-12)18-7(4)15/h3-7,12-15H,2H2,1H3,(H,9,16)/t3-,4-,5+,6-,7+/m1/s1. The minimum Gasteiger partial charge on any atom is -0.394 e. The van der Waals surface area contributed by atoms with E-state index < -0.39 is 43.3 Å². The van der Waals surface area contributed by atoms with Gasteiger partial charge in [-0.15, -0.1) is 4.91 Å². The first-order valence-electron chi connectivity index (χ1n) is 5.10. The fourth-order valence-electron chi connectivity index (χ4n) is 1.53. The lowest BCUT2D eigenvalue weighted by molar-refractivity contribution is -0.252. The molecule has 0 aliphatic carbocycles. The summed E-state index contributed by atoms with van der Waals surface area (Å²) >= 11 is 0. The van der Waals surface area contributed by atoms with Gasteiger partial charge in [-0.3, -0.25) is 0 Å². The summed E-state index contributed by atoms with van der Waals surface area (Å²) in [5.74, 6) is 0. The first-order valence-corrected chi connectivity index (χ1v) is 5.10. The Bertz CT molecular complexity index is 315. The second-order valence-electron chi connectivity index (χ2n) is 3.81. The molecule has 2 amide bonds. The third kappa shape index (κ3) is 2.91. The molecule has 0 aromatic heterocycles. The topological polar surface area (TPSA) is 152 Å². The highest BCUT2D eigenvalue weighted by molar-refractivity contribution is 5.73. The van der Waals surface area contributed by atoms with Crippen molar-refractivity contribution in [1.29, 1.82) is 0 Å². The highest BCUT2D eigenvalue weighted by Gasteiger charge is 2.44. The Labute approximate surface area is 102 Å². The predicted octanol–water partition coefficient (Wildman–Crippen LogP) is -2.89. The van der Waals surface area contributed by atoms with Gasteiger partial charge in [0.25, 0.3) is 0 Å². The Kier molecular flexibility index (Phi) is 4.93. The van der Waals surface area contributed by atoms with E-state index in [0.717, 1.165) is 7.05 Å². The van der Waals surface area contributed by atoms with Gasteiger partial charge in [0.05, 0.1) is 11.9 Å². The average molecular weight is 265 g/mol. The summed E-state index contributed by atoms with van der Waals surface area (Å²) in [6.07, 6.45) is -5.84. The first-order chi connectivity index (χ1) is 8.42. The van der Waals surface area contributed by atoms with Crippen LogP contribution < -0.4 is 5.32 Å². The van der Waals surface area contributed by atoms with Crippen LogP contribution in [-0.2, 0) is 4.74 Å². The zero-order valence-corrected chi connectivity index (χ0v) is 9.50. The predicted molar refractivity (Wildman–Crippen MR) is 55.9 cm³/mol. The van der Waals surface area contributed by atoms with E-state index in [2.05, 4.69) is 10.6 Å². The smallest absolute Gasteiger partial charge is 0.340 e. The summed E-state index contributed by atoms with van der Waals surface area (Å²) in [6.45, 7) is -0.605. The third-order valence-electron chi connectivity index (χ3n) is 2.61. The SMILES string of the molecule is CN(N=O)C(=O)N[C@@H]1[C@@H](O)[C@@H](O)[C@@H](CO)O[C@@H]1O. The molecular weight excluding hydrogens is 250 g/mol. The molecule has 1 fully saturated rings. The summed E-state index contributed by atoms with van der Waals surface area (Å²) in [4.78, 5) is 21.4. The third-order valence-corrected chi connectivity index (χ3v) is 2.61. The number of nitrogens with zero attached hydrogens (tertiary/aromatic N) is 2. The van der Waals surface area contributed by atoms with Gasteiger partial charge in [-0.25, -0.2) is 4.79 Å². The van der Waals surface area contributed by atoms with Crippen LogP contribution in [0.3, 0.4) is 0 Å². The molecular formula is C8H15N3O7. The van der Waals surface area contributed by atoms with E-state index in [1.54, 1.807) is 0 Å². The van der Waals surface area contributed by atoms with Crippen LogP contribution in [0.2, 0.25) is 0 Å². The minimum atomic E-state index is -1.63. The average Bonchev–Trinajstić information content (AvgIpc) is 2.37. The molecule has 104 valence electrons. The van der Waals surface area contributed by atoms with Crippen LogP contribution in [-0.4, -0.2) is 75.8 Å². The number of nitrogens with one attached hydrogen (secondary N) is 1. The van der Waals surface area contributed by atoms with Gasteiger partial charge in [-0.2, -0.15) is 5.01 Å². The summed E-state index contributed by atoms with van der Waals surface area (Å²) in [7, 11) is 1.07. The van der Waals surface area contributed by atoms with Crippen molar-refractivity contribution in [2.24, 2.45) is 5.29 Å². The van der Waals surface area contributed by atoms with Crippen LogP contribution in [0.5, 0.6) is 0 Å². The van der Waals surface area contributed by atoms with Gasteiger partial charge >= 0.3 is 6.03 Å². The van der Waals surface area contributed by atoms with E-state index in [0.29, 0.717) is 5.01 Å². The normalized spacial score (nSPS) is 35.9. The minimum absolute atomic E-state index is 0.407. The number of hydrogen-bond acceptors (Lipinski definition) is 8. The molecule has 10 nitrogen and oxygen atoms in total. The second-order valence-corrected chi connectivity index (χ2v) is 3.81. The van der Waals surface area contributed by atoms with Crippen LogP contribution in [0.4, 0.5) is 4.79 Å². The number of nitroso groups, excluding NO2 is 1. The lowest BCUT2D eigenvalue weighted by atomic mass is 9.97. The zero-order chi connectivity index (χ0) is 13.9. The Morgan fingerprint density at radius 3 is 2.50 bits per heavy atom. The second kappa shape index (κ2) is 6.02. The molecule has 0 spiro atoms. The summed E-state index contributed by atoms with van der Waals surface area (Å²) in [6, 6.07) is -2.33. The highest BCUT2D eigenvalue weighted by Crippen LogP contribution is 2.19. The monoisotopic (exact) mass is 265 g/mol. The molecule has 10 heteroatoms. The largest absolute Gasteiger partial charge is 0.394 e. The molecule has 5 atom stereocenters. The fourth-order valence-corrected chi connectivity index (χ4v) is 1.53. The van der Waals surface area contributed by atoms with Gasteiger partial charge in [-0.1, -0.05) is 0 Å². The Morgan fingerprint density at radius 2 is 2.00 bits per heavy atom. The van der Waals surface area contributed by atoms with Gasteiger partial charge in [0, 0.05) is 7.05 Å². The van der Waals surface area contributed by atoms with Crippen LogP contribution in [0.25, 0.3) is 0 Å². The molecule has 0 aromatic carbocycles. The summed E-state index contributed by atoms with van der Waals surface area (Å²) < 4.78 is 4.80. The van der Waals surface area contributed by atoms with E-state index in [9.17, 15) is 25.0 Å². The van der Waals surface area contributed by atoms with Crippen molar-refractivity contribution in [1.82, 2.24) is 10.3 Å². The maximum Gasteiger partial charge on any atom is 0.340 e. The number of aliphatic hydroxyl groups excluding tert-OH is 4. The molecule has 1 saturated heterocycles. The van der Waals surface area contributed by atoms with Crippen LogP contribution >= 0.6 is 0 Å². The number of amides is 2. The van der Waals surface area contributed by atoms with Crippen molar-refractivity contribution in [3.63, 3.8) is 0 Å². The molecule has 1 rings (SSSR count). The molecule has 5 N–H and O–H groups in total. The van der Waals surface area contributed by atoms with Crippen molar-refractivity contribution < 1.29 is 30.0 Å². The van der Waals surface area contributed by atoms with E-state index in [1.807, 2.05) is 0 Å². The van der Waals surface area contributed by atoms with Crippen molar-refractivity contribution in [3.05, 3.63) is 4.91 Å². The quantitative estimate of drug-likeness (QED) is 0.271. The molecule has 1 aliphatic rings. The molecule has 0 radical (unpaired) electrons. The number of carbonyl (C=O) groups is 1. The van der Waals surface area contributed by atoms with E-state index in [4.69, 9.17) is 9.84 Å². The molecule has 0 bridgehead atoms. The van der Waals surface area contributed by atoms with Gasteiger partial charge in [0.1, 0.15) is 24.4 Å². The van der Waals surface area contributed by atoms with Gasteiger partial charge in [0.2, 0.25) is 0 Å². The van der Waals surface area contributed by atoms with Gasteiger partial charge < -0.3 is 30.5 Å². The van der Waals surface area contributed by atoms with Crippen LogP contribution in [0, 0.1) is 4.91 Å². The van der Waals surface area contributed by atoms with Crippen LogP contribution in [0.15, 0.2) is 5.29 Å². The summed E-state index contributed by atoms with van der Waals surface area (Å²) in [5.41, 5.74) is 0. The Morgan fingerprint density at radius 1 is 1.39 bits per heavy atom. The van der Waals surface area contributed by atoms with Crippen molar-refractivity contribution >= 4 is 6.03 Å². The zero-order valence-electron chi connectivity index (χ0n) is 9.50. The Hall–Kier alpha value is -1.33. The van der Waals surface area contributed by atoms with E-state index in [1.165, 1.54) is 0 Å². The number of urea groups is 1. The van der Waals surface area contributed by atoms with Crippen molar-refractivity contribution in [3.8, 4) is 0 Å². The van der Waals surface area contributed by atoms with Crippen molar-refractivity contribution in [2.45, 2.75) is 30.6 Å². The lowest BCUT2D eigenvalue weighted by Crippen LogP contribution is -2.64.